The van der Waals surface area contributed by atoms with E-state index in [1.165, 1.54) is 10.9 Å². The van der Waals surface area contributed by atoms with Crippen molar-refractivity contribution in [1.82, 2.24) is 10.6 Å². The van der Waals surface area contributed by atoms with Gasteiger partial charge >= 0.3 is 6.03 Å². The molecule has 2 fully saturated rings. The van der Waals surface area contributed by atoms with E-state index >= 15 is 0 Å². The molecule has 1 saturated carbocycles. The highest BCUT2D eigenvalue weighted by Crippen LogP contribution is 2.42. The number of hydrogen-bond acceptors (Lipinski definition) is 5. The van der Waals surface area contributed by atoms with Crippen molar-refractivity contribution < 1.29 is 13.9 Å². The lowest BCUT2D eigenvalue weighted by molar-refractivity contribution is 0.251. The lowest BCUT2D eigenvalue weighted by Crippen LogP contribution is -2.30. The highest BCUT2D eigenvalue weighted by molar-refractivity contribution is 7.13. The SMILES string of the molecule is C[C@@H]1C=C(Oc2ccc(NC(=O)NC3CC3)cc2F)c2sc(C3CCNCC3)cc2N1. The summed E-state index contributed by atoms with van der Waals surface area (Å²) in [5.41, 5.74) is 1.46. The normalized spacial score (nSPS) is 21.0. The van der Waals surface area contributed by atoms with Crippen LogP contribution in [0.5, 0.6) is 5.75 Å². The number of ether oxygens (including phenoxy) is 1. The van der Waals surface area contributed by atoms with Gasteiger partial charge in [-0.2, -0.15) is 0 Å². The zero-order valence-electron chi connectivity index (χ0n) is 17.5. The highest BCUT2D eigenvalue weighted by atomic mass is 32.1. The molecule has 2 amide bonds. The van der Waals surface area contributed by atoms with Crippen LogP contribution in [-0.4, -0.2) is 31.2 Å². The summed E-state index contributed by atoms with van der Waals surface area (Å²) in [6.07, 6.45) is 6.25. The van der Waals surface area contributed by atoms with E-state index in [1.807, 2.05) is 6.08 Å². The predicted molar refractivity (Wildman–Crippen MR) is 122 cm³/mol. The van der Waals surface area contributed by atoms with Gasteiger partial charge in [0.25, 0.3) is 0 Å². The first-order valence-electron chi connectivity index (χ1n) is 10.9. The first-order valence-corrected chi connectivity index (χ1v) is 11.7. The summed E-state index contributed by atoms with van der Waals surface area (Å²) in [7, 11) is 0. The first kappa shape index (κ1) is 20.3. The van der Waals surface area contributed by atoms with Crippen molar-refractivity contribution in [2.24, 2.45) is 0 Å². The van der Waals surface area contributed by atoms with Crippen LogP contribution in [0.3, 0.4) is 0 Å². The van der Waals surface area contributed by atoms with Crippen LogP contribution in [0.4, 0.5) is 20.6 Å². The maximum absolute atomic E-state index is 14.8. The Morgan fingerprint density at radius 1 is 1.19 bits per heavy atom. The molecule has 1 aromatic carbocycles. The summed E-state index contributed by atoms with van der Waals surface area (Å²) in [5.74, 6) is 0.876. The molecule has 0 spiro atoms. The number of carbonyl (C=O) groups is 1. The summed E-state index contributed by atoms with van der Waals surface area (Å²) in [4.78, 5) is 14.2. The number of amides is 2. The molecule has 5 rings (SSSR count). The third kappa shape index (κ3) is 4.70. The second kappa shape index (κ2) is 8.51. The molecule has 1 aliphatic carbocycles. The number of benzene rings is 1. The van der Waals surface area contributed by atoms with Crippen molar-refractivity contribution in [3.63, 3.8) is 0 Å². The lowest BCUT2D eigenvalue weighted by atomic mass is 9.96. The number of fused-ring (bicyclic) bond motifs is 1. The van der Waals surface area contributed by atoms with Crippen molar-refractivity contribution in [3.8, 4) is 5.75 Å². The van der Waals surface area contributed by atoms with E-state index in [0.717, 1.165) is 49.3 Å². The fourth-order valence-corrected chi connectivity index (χ4v) is 5.29. The number of carbonyl (C=O) groups excluding carboxylic acids is 1. The van der Waals surface area contributed by atoms with Crippen molar-refractivity contribution in [1.29, 1.82) is 0 Å². The van der Waals surface area contributed by atoms with Crippen molar-refractivity contribution >= 4 is 34.5 Å². The smallest absolute Gasteiger partial charge is 0.319 e. The molecule has 2 aliphatic heterocycles. The number of rotatable bonds is 5. The lowest BCUT2D eigenvalue weighted by Gasteiger charge is -2.21. The topological polar surface area (TPSA) is 74.4 Å². The Bertz CT molecular complexity index is 1010. The fourth-order valence-electron chi connectivity index (χ4n) is 4.04. The van der Waals surface area contributed by atoms with Crippen LogP contribution >= 0.6 is 11.3 Å². The molecular weight excluding hydrogens is 415 g/mol. The number of halogens is 1. The summed E-state index contributed by atoms with van der Waals surface area (Å²) in [5, 5.41) is 12.4. The second-order valence-corrected chi connectivity index (χ2v) is 9.58. The number of thiophene rings is 1. The molecule has 0 radical (unpaired) electrons. The first-order chi connectivity index (χ1) is 15.0. The van der Waals surface area contributed by atoms with Crippen LogP contribution in [0.2, 0.25) is 0 Å². The molecule has 0 bridgehead atoms. The summed E-state index contributed by atoms with van der Waals surface area (Å²) >= 11 is 1.73. The van der Waals surface area contributed by atoms with Crippen molar-refractivity contribution in [2.75, 3.05) is 23.7 Å². The second-order valence-electron chi connectivity index (χ2n) is 8.50. The minimum atomic E-state index is -0.506. The third-order valence-electron chi connectivity index (χ3n) is 5.82. The standard InChI is InChI=1S/C23H27FN4O2S/c1-13-10-20(22-18(26-13)12-21(31-22)14-6-8-25-9-7-14)30-19-5-4-16(11-17(19)24)28-23(29)27-15-2-3-15/h4-5,10-15,25-26H,2-3,6-9H2,1H3,(H2,27,28,29)/t13-/m1/s1. The van der Waals surface area contributed by atoms with Crippen molar-refractivity contribution in [2.45, 2.75) is 50.6 Å². The predicted octanol–water partition coefficient (Wildman–Crippen LogP) is 4.87. The summed E-state index contributed by atoms with van der Waals surface area (Å²) in [6, 6.07) is 6.78. The van der Waals surface area contributed by atoms with Gasteiger partial charge in [0, 0.05) is 28.7 Å². The molecule has 8 heteroatoms. The summed E-state index contributed by atoms with van der Waals surface area (Å²) in [6.45, 7) is 4.14. The van der Waals surface area contributed by atoms with E-state index < -0.39 is 5.82 Å². The maximum atomic E-state index is 14.8. The van der Waals surface area contributed by atoms with Crippen molar-refractivity contribution in [3.05, 3.63) is 45.9 Å². The van der Waals surface area contributed by atoms with E-state index in [1.54, 1.807) is 23.5 Å². The molecule has 164 valence electrons. The number of hydrogen-bond donors (Lipinski definition) is 4. The quantitative estimate of drug-likeness (QED) is 0.533. The van der Waals surface area contributed by atoms with Gasteiger partial charge in [-0.3, -0.25) is 0 Å². The largest absolute Gasteiger partial charge is 0.453 e. The Morgan fingerprint density at radius 2 is 2.00 bits per heavy atom. The fraction of sp³-hybridized carbons (Fsp3) is 0.435. The zero-order valence-corrected chi connectivity index (χ0v) is 18.3. The Balaban J connectivity index is 1.32. The van der Waals surface area contributed by atoms with Gasteiger partial charge < -0.3 is 26.0 Å². The highest BCUT2D eigenvalue weighted by Gasteiger charge is 2.26. The molecular formula is C23H27FN4O2S. The van der Waals surface area contributed by atoms with E-state index in [2.05, 4.69) is 34.3 Å². The van der Waals surface area contributed by atoms with E-state index in [9.17, 15) is 9.18 Å². The third-order valence-corrected chi connectivity index (χ3v) is 7.14. The van der Waals surface area contributed by atoms with E-state index in [-0.39, 0.29) is 23.9 Å². The molecule has 6 nitrogen and oxygen atoms in total. The molecule has 3 heterocycles. The Hall–Kier alpha value is -2.58. The Kier molecular flexibility index (Phi) is 5.58. The average molecular weight is 443 g/mol. The van der Waals surface area contributed by atoms with Crippen LogP contribution in [0.25, 0.3) is 5.76 Å². The van der Waals surface area contributed by atoms with Crippen LogP contribution < -0.4 is 26.0 Å². The molecule has 0 unspecified atom stereocenters. The van der Waals surface area contributed by atoms with Gasteiger partial charge in [-0.05, 0) is 75.9 Å². The minimum Gasteiger partial charge on any atom is -0.453 e. The number of urea groups is 1. The van der Waals surface area contributed by atoms with Gasteiger partial charge in [0.15, 0.2) is 11.6 Å². The van der Waals surface area contributed by atoms with Crippen LogP contribution in [-0.2, 0) is 0 Å². The number of anilines is 2. The van der Waals surface area contributed by atoms with Crippen LogP contribution in [0, 0.1) is 5.82 Å². The summed E-state index contributed by atoms with van der Waals surface area (Å²) < 4.78 is 20.8. The molecule has 1 saturated heterocycles. The molecule has 1 atom stereocenters. The van der Waals surface area contributed by atoms with Crippen LogP contribution in [0.1, 0.15) is 48.3 Å². The molecule has 1 aromatic heterocycles. The molecule has 4 N–H and O–H groups in total. The molecule has 2 aromatic rings. The van der Waals surface area contributed by atoms with Gasteiger partial charge in [-0.25, -0.2) is 9.18 Å². The number of nitrogens with one attached hydrogen (secondary N) is 4. The average Bonchev–Trinajstić information content (AvgIpc) is 3.45. The van der Waals surface area contributed by atoms with E-state index in [4.69, 9.17) is 4.74 Å². The maximum Gasteiger partial charge on any atom is 0.319 e. The van der Waals surface area contributed by atoms with Gasteiger partial charge in [-0.15, -0.1) is 11.3 Å². The zero-order chi connectivity index (χ0) is 21.4. The van der Waals surface area contributed by atoms with Crippen LogP contribution in [0.15, 0.2) is 30.3 Å². The molecule has 3 aliphatic rings. The number of piperidine rings is 1. The molecule has 31 heavy (non-hydrogen) atoms. The van der Waals surface area contributed by atoms with Gasteiger partial charge in [0.2, 0.25) is 0 Å². The van der Waals surface area contributed by atoms with Gasteiger partial charge in [0.1, 0.15) is 5.76 Å². The Labute approximate surface area is 185 Å². The monoisotopic (exact) mass is 442 g/mol. The van der Waals surface area contributed by atoms with E-state index in [0.29, 0.717) is 17.4 Å². The van der Waals surface area contributed by atoms with Gasteiger partial charge in [0.05, 0.1) is 10.6 Å². The van der Waals surface area contributed by atoms with Gasteiger partial charge in [-0.1, -0.05) is 0 Å². The minimum absolute atomic E-state index is 0.0908. The Morgan fingerprint density at radius 3 is 2.74 bits per heavy atom.